The van der Waals surface area contributed by atoms with Crippen LogP contribution in [0.3, 0.4) is 0 Å². The first-order valence-corrected chi connectivity index (χ1v) is 10.6. The fraction of sp³-hybridized carbons (Fsp3) is 0.120. The molecule has 0 saturated carbocycles. The lowest BCUT2D eigenvalue weighted by Crippen LogP contribution is -2.37. The van der Waals surface area contributed by atoms with Crippen molar-refractivity contribution < 1.29 is 28.6 Å². The molecule has 0 aliphatic carbocycles. The summed E-state index contributed by atoms with van der Waals surface area (Å²) in [5.74, 6) is -0.363. The second kappa shape index (κ2) is 11.3. The molecule has 0 unspecified atom stereocenters. The molecule has 178 valence electrons. The minimum atomic E-state index is -0.910. The molecule has 1 aliphatic rings. The molecule has 3 N–H and O–H groups in total. The number of rotatable bonds is 8. The molecule has 0 atom stereocenters. The van der Waals surface area contributed by atoms with Gasteiger partial charge in [0, 0.05) is 12.2 Å². The van der Waals surface area contributed by atoms with Crippen LogP contribution in [0.5, 0.6) is 17.2 Å². The Kier molecular flexibility index (Phi) is 7.54. The van der Waals surface area contributed by atoms with E-state index in [9.17, 15) is 14.4 Å². The molecule has 35 heavy (non-hydrogen) atoms. The molecular weight excluding hydrogens is 452 g/mol. The van der Waals surface area contributed by atoms with Crippen molar-refractivity contribution in [1.29, 1.82) is 0 Å². The van der Waals surface area contributed by atoms with E-state index in [2.05, 4.69) is 21.2 Å². The number of anilines is 1. The highest BCUT2D eigenvalue weighted by atomic mass is 16.7. The SMILES string of the molecule is O=C(COc1cccc(C=NNC(=O)C(=O)NCc2ccc3c(c2)OCO3)c1)Nc1ccccc1. The first-order chi connectivity index (χ1) is 17.1. The number of hydrogen-bond donors (Lipinski definition) is 3. The molecule has 0 saturated heterocycles. The standard InChI is InChI=1S/C25H22N4O6/c30-23(28-19-6-2-1-3-7-19)15-33-20-8-4-5-17(11-20)14-27-29-25(32)24(31)26-13-18-9-10-21-22(12-18)35-16-34-21/h1-12,14H,13,15-16H2,(H,26,31)(H,28,30)(H,29,32). The quantitative estimate of drug-likeness (QED) is 0.261. The van der Waals surface area contributed by atoms with Crippen molar-refractivity contribution in [3.8, 4) is 17.2 Å². The van der Waals surface area contributed by atoms with Gasteiger partial charge >= 0.3 is 11.8 Å². The van der Waals surface area contributed by atoms with Crippen LogP contribution in [0.4, 0.5) is 5.69 Å². The van der Waals surface area contributed by atoms with Crippen LogP contribution in [-0.4, -0.2) is 37.3 Å². The molecule has 0 spiro atoms. The smallest absolute Gasteiger partial charge is 0.329 e. The number of nitrogens with one attached hydrogen (secondary N) is 3. The molecule has 0 aromatic heterocycles. The topological polar surface area (TPSA) is 127 Å². The lowest BCUT2D eigenvalue weighted by Gasteiger charge is -2.08. The Morgan fingerprint density at radius 2 is 1.74 bits per heavy atom. The van der Waals surface area contributed by atoms with Gasteiger partial charge in [-0.3, -0.25) is 14.4 Å². The van der Waals surface area contributed by atoms with Gasteiger partial charge in [0.05, 0.1) is 6.21 Å². The van der Waals surface area contributed by atoms with Crippen LogP contribution < -0.4 is 30.3 Å². The van der Waals surface area contributed by atoms with Crippen molar-refractivity contribution in [2.45, 2.75) is 6.54 Å². The van der Waals surface area contributed by atoms with Crippen LogP contribution >= 0.6 is 0 Å². The highest BCUT2D eigenvalue weighted by Gasteiger charge is 2.15. The molecular formula is C25H22N4O6. The average Bonchev–Trinajstić information content (AvgIpc) is 3.35. The molecule has 3 aromatic carbocycles. The second-order valence-corrected chi connectivity index (χ2v) is 7.34. The van der Waals surface area contributed by atoms with E-state index in [1.165, 1.54) is 6.21 Å². The van der Waals surface area contributed by atoms with E-state index < -0.39 is 11.8 Å². The van der Waals surface area contributed by atoms with E-state index in [4.69, 9.17) is 14.2 Å². The molecule has 10 nitrogen and oxygen atoms in total. The Balaban J connectivity index is 1.21. The number of benzene rings is 3. The number of hydrogen-bond acceptors (Lipinski definition) is 7. The zero-order valence-corrected chi connectivity index (χ0v) is 18.5. The molecule has 4 rings (SSSR count). The number of fused-ring (bicyclic) bond motifs is 1. The summed E-state index contributed by atoms with van der Waals surface area (Å²) >= 11 is 0. The maximum absolute atomic E-state index is 12.0. The van der Waals surface area contributed by atoms with E-state index in [0.29, 0.717) is 28.5 Å². The van der Waals surface area contributed by atoms with Gasteiger partial charge in [-0.1, -0.05) is 36.4 Å². The largest absolute Gasteiger partial charge is 0.484 e. The molecule has 3 aromatic rings. The fourth-order valence-electron chi connectivity index (χ4n) is 3.08. The van der Waals surface area contributed by atoms with Crippen LogP contribution in [0.2, 0.25) is 0 Å². The summed E-state index contributed by atoms with van der Waals surface area (Å²) in [6, 6.07) is 21.1. The van der Waals surface area contributed by atoms with Crippen molar-refractivity contribution in [3.63, 3.8) is 0 Å². The Morgan fingerprint density at radius 3 is 2.60 bits per heavy atom. The van der Waals surface area contributed by atoms with Crippen LogP contribution in [0.25, 0.3) is 0 Å². The predicted molar refractivity (Wildman–Crippen MR) is 127 cm³/mol. The van der Waals surface area contributed by atoms with E-state index in [0.717, 1.165) is 5.56 Å². The number of para-hydroxylation sites is 1. The van der Waals surface area contributed by atoms with E-state index in [1.807, 2.05) is 18.2 Å². The van der Waals surface area contributed by atoms with Gasteiger partial charge in [0.1, 0.15) is 5.75 Å². The number of amides is 3. The summed E-state index contributed by atoms with van der Waals surface area (Å²) in [5, 5.41) is 9.04. The number of nitrogens with zero attached hydrogens (tertiary/aromatic N) is 1. The second-order valence-electron chi connectivity index (χ2n) is 7.34. The Labute approximate surface area is 200 Å². The monoisotopic (exact) mass is 474 g/mol. The van der Waals surface area contributed by atoms with Crippen molar-refractivity contribution in [2.75, 3.05) is 18.7 Å². The van der Waals surface area contributed by atoms with Crippen LogP contribution in [0.1, 0.15) is 11.1 Å². The van der Waals surface area contributed by atoms with Crippen LogP contribution in [-0.2, 0) is 20.9 Å². The third-order valence-electron chi connectivity index (χ3n) is 4.76. The summed E-state index contributed by atoms with van der Waals surface area (Å²) in [6.07, 6.45) is 1.36. The summed E-state index contributed by atoms with van der Waals surface area (Å²) in [5.41, 5.74) is 4.21. The first-order valence-electron chi connectivity index (χ1n) is 10.6. The number of hydrazone groups is 1. The van der Waals surface area contributed by atoms with Crippen LogP contribution in [0, 0.1) is 0 Å². The highest BCUT2D eigenvalue weighted by molar-refractivity contribution is 6.35. The zero-order valence-electron chi connectivity index (χ0n) is 18.5. The van der Waals surface area contributed by atoms with Gasteiger partial charge in [-0.15, -0.1) is 0 Å². The van der Waals surface area contributed by atoms with Gasteiger partial charge in [-0.25, -0.2) is 5.43 Å². The van der Waals surface area contributed by atoms with Crippen molar-refractivity contribution in [1.82, 2.24) is 10.7 Å². The first kappa shape index (κ1) is 23.3. The molecule has 3 amide bonds. The number of carbonyl (C=O) groups is 3. The van der Waals surface area contributed by atoms with Gasteiger partial charge in [-0.05, 0) is 47.5 Å². The maximum atomic E-state index is 12.0. The predicted octanol–water partition coefficient (Wildman–Crippen LogP) is 2.20. The molecule has 0 radical (unpaired) electrons. The lowest BCUT2D eigenvalue weighted by atomic mass is 10.2. The third-order valence-corrected chi connectivity index (χ3v) is 4.76. The Morgan fingerprint density at radius 1 is 0.914 bits per heavy atom. The zero-order chi connectivity index (χ0) is 24.5. The van der Waals surface area contributed by atoms with Crippen molar-refractivity contribution >= 4 is 29.6 Å². The van der Waals surface area contributed by atoms with Gasteiger partial charge in [-0.2, -0.15) is 5.10 Å². The minimum Gasteiger partial charge on any atom is -0.484 e. The summed E-state index contributed by atoms with van der Waals surface area (Å²) in [4.78, 5) is 36.0. The highest BCUT2D eigenvalue weighted by Crippen LogP contribution is 2.32. The van der Waals surface area contributed by atoms with Gasteiger partial charge in [0.15, 0.2) is 18.1 Å². The summed E-state index contributed by atoms with van der Waals surface area (Å²) in [6.45, 7) is 0.129. The molecule has 10 heteroatoms. The number of carbonyl (C=O) groups excluding carboxylic acids is 3. The summed E-state index contributed by atoms with van der Waals surface area (Å²) in [7, 11) is 0. The Hall–Kier alpha value is -4.86. The van der Waals surface area contributed by atoms with E-state index >= 15 is 0 Å². The lowest BCUT2D eigenvalue weighted by molar-refractivity contribution is -0.139. The maximum Gasteiger partial charge on any atom is 0.329 e. The van der Waals surface area contributed by atoms with Gasteiger partial charge in [0.2, 0.25) is 6.79 Å². The minimum absolute atomic E-state index is 0.143. The molecule has 1 aliphatic heterocycles. The average molecular weight is 474 g/mol. The van der Waals surface area contributed by atoms with Gasteiger partial charge in [0.25, 0.3) is 5.91 Å². The Bertz CT molecular complexity index is 1250. The van der Waals surface area contributed by atoms with Crippen LogP contribution in [0.15, 0.2) is 77.9 Å². The third kappa shape index (κ3) is 6.81. The fourth-order valence-corrected chi connectivity index (χ4v) is 3.08. The number of ether oxygens (including phenoxy) is 3. The molecule has 0 fully saturated rings. The van der Waals surface area contributed by atoms with Crippen molar-refractivity contribution in [3.05, 3.63) is 83.9 Å². The normalized spacial score (nSPS) is 11.7. The summed E-state index contributed by atoms with van der Waals surface area (Å²) < 4.78 is 16.0. The van der Waals surface area contributed by atoms with Crippen molar-refractivity contribution in [2.24, 2.45) is 5.10 Å². The van der Waals surface area contributed by atoms with E-state index in [1.54, 1.807) is 54.6 Å². The van der Waals surface area contributed by atoms with Gasteiger partial charge < -0.3 is 24.8 Å². The van der Waals surface area contributed by atoms with E-state index in [-0.39, 0.29) is 25.9 Å². The molecule has 1 heterocycles. The molecule has 0 bridgehead atoms.